The highest BCUT2D eigenvalue weighted by Gasteiger charge is 2.10. The average Bonchev–Trinajstić information content (AvgIpc) is 2.22. The Morgan fingerprint density at radius 2 is 2.27 bits per heavy atom. The number of aromatic nitrogens is 2. The minimum absolute atomic E-state index is 0.420. The SMILES string of the molecule is CCOCCN(C)c1ncnc(Cl)c1Br. The van der Waals surface area contributed by atoms with Crippen LogP contribution in [-0.2, 0) is 4.74 Å². The van der Waals surface area contributed by atoms with Gasteiger partial charge in [-0.1, -0.05) is 11.6 Å². The number of anilines is 1. The first-order chi connectivity index (χ1) is 7.16. The molecule has 0 N–H and O–H groups in total. The Bertz CT molecular complexity index is 324. The first kappa shape index (κ1) is 12.7. The van der Waals surface area contributed by atoms with E-state index in [-0.39, 0.29) is 0 Å². The van der Waals surface area contributed by atoms with Gasteiger partial charge < -0.3 is 9.64 Å². The van der Waals surface area contributed by atoms with E-state index in [1.165, 1.54) is 6.33 Å². The Balaban J connectivity index is 2.65. The van der Waals surface area contributed by atoms with Crippen LogP contribution in [-0.4, -0.2) is 36.8 Å². The van der Waals surface area contributed by atoms with Crippen LogP contribution in [0.1, 0.15) is 6.92 Å². The Morgan fingerprint density at radius 1 is 1.53 bits per heavy atom. The van der Waals surface area contributed by atoms with Crippen LogP contribution in [0.3, 0.4) is 0 Å². The third-order valence-electron chi connectivity index (χ3n) is 1.87. The maximum Gasteiger partial charge on any atom is 0.148 e. The molecule has 4 nitrogen and oxygen atoms in total. The molecule has 0 atom stereocenters. The molecule has 84 valence electrons. The topological polar surface area (TPSA) is 38.2 Å². The van der Waals surface area contributed by atoms with E-state index in [0.717, 1.165) is 19.0 Å². The van der Waals surface area contributed by atoms with Crippen LogP contribution in [0.4, 0.5) is 5.82 Å². The van der Waals surface area contributed by atoms with Gasteiger partial charge in [-0.3, -0.25) is 0 Å². The molecular weight excluding hydrogens is 281 g/mol. The smallest absolute Gasteiger partial charge is 0.148 e. The molecule has 0 saturated carbocycles. The van der Waals surface area contributed by atoms with Crippen molar-refractivity contribution in [3.8, 4) is 0 Å². The highest BCUT2D eigenvalue weighted by Crippen LogP contribution is 2.27. The third kappa shape index (κ3) is 3.59. The summed E-state index contributed by atoms with van der Waals surface area (Å²) in [6.45, 7) is 4.12. The fraction of sp³-hybridized carbons (Fsp3) is 0.556. The molecular formula is C9H13BrClN3O. The van der Waals surface area contributed by atoms with Gasteiger partial charge in [-0.05, 0) is 22.9 Å². The van der Waals surface area contributed by atoms with E-state index >= 15 is 0 Å². The molecule has 15 heavy (non-hydrogen) atoms. The summed E-state index contributed by atoms with van der Waals surface area (Å²) in [4.78, 5) is 9.98. The molecule has 0 aliphatic rings. The standard InChI is InChI=1S/C9H13BrClN3O/c1-3-15-5-4-14(2)9-7(10)8(11)12-6-13-9/h6H,3-5H2,1-2H3. The summed E-state index contributed by atoms with van der Waals surface area (Å²) in [6, 6.07) is 0. The van der Waals surface area contributed by atoms with Crippen molar-refractivity contribution in [2.24, 2.45) is 0 Å². The van der Waals surface area contributed by atoms with E-state index in [1.54, 1.807) is 0 Å². The van der Waals surface area contributed by atoms with Gasteiger partial charge in [0, 0.05) is 20.2 Å². The summed E-state index contributed by atoms with van der Waals surface area (Å²) >= 11 is 9.21. The lowest BCUT2D eigenvalue weighted by Crippen LogP contribution is -2.24. The summed E-state index contributed by atoms with van der Waals surface area (Å²) in [7, 11) is 1.93. The number of ether oxygens (including phenoxy) is 1. The number of nitrogens with zero attached hydrogens (tertiary/aromatic N) is 3. The van der Waals surface area contributed by atoms with E-state index in [2.05, 4.69) is 25.9 Å². The van der Waals surface area contributed by atoms with Gasteiger partial charge in [0.25, 0.3) is 0 Å². The predicted octanol–water partition coefficient (Wildman–Crippen LogP) is 2.37. The molecule has 6 heteroatoms. The van der Waals surface area contributed by atoms with Crippen LogP contribution in [0.15, 0.2) is 10.8 Å². The second-order valence-corrected chi connectivity index (χ2v) is 4.07. The zero-order valence-electron chi connectivity index (χ0n) is 8.70. The highest BCUT2D eigenvalue weighted by atomic mass is 79.9. The minimum atomic E-state index is 0.420. The van der Waals surface area contributed by atoms with Crippen LogP contribution in [0.5, 0.6) is 0 Å². The number of hydrogen-bond acceptors (Lipinski definition) is 4. The molecule has 0 aromatic carbocycles. The van der Waals surface area contributed by atoms with Crippen LogP contribution < -0.4 is 4.90 Å². The van der Waals surface area contributed by atoms with E-state index in [9.17, 15) is 0 Å². The van der Waals surface area contributed by atoms with E-state index < -0.39 is 0 Å². The van der Waals surface area contributed by atoms with Crippen molar-refractivity contribution in [3.05, 3.63) is 16.0 Å². The van der Waals surface area contributed by atoms with Crippen LogP contribution >= 0.6 is 27.5 Å². The monoisotopic (exact) mass is 293 g/mol. The number of hydrogen-bond donors (Lipinski definition) is 0. The lowest BCUT2D eigenvalue weighted by Gasteiger charge is -2.19. The normalized spacial score (nSPS) is 10.4. The van der Waals surface area contributed by atoms with E-state index in [1.807, 2.05) is 18.9 Å². The second kappa shape index (κ2) is 6.25. The van der Waals surface area contributed by atoms with Crippen LogP contribution in [0, 0.1) is 0 Å². The van der Waals surface area contributed by atoms with Crippen molar-refractivity contribution in [3.63, 3.8) is 0 Å². The zero-order chi connectivity index (χ0) is 11.3. The Labute approximate surface area is 103 Å². The maximum absolute atomic E-state index is 5.86. The Kier molecular flexibility index (Phi) is 5.28. The summed E-state index contributed by atoms with van der Waals surface area (Å²) in [5, 5.41) is 0.420. The summed E-state index contributed by atoms with van der Waals surface area (Å²) in [5.41, 5.74) is 0. The Hall–Kier alpha value is -0.390. The van der Waals surface area contributed by atoms with Crippen molar-refractivity contribution in [1.82, 2.24) is 9.97 Å². The molecule has 0 spiro atoms. The van der Waals surface area contributed by atoms with Gasteiger partial charge in [-0.15, -0.1) is 0 Å². The third-order valence-corrected chi connectivity index (χ3v) is 3.11. The van der Waals surface area contributed by atoms with Crippen LogP contribution in [0.25, 0.3) is 0 Å². The lowest BCUT2D eigenvalue weighted by atomic mass is 10.5. The highest BCUT2D eigenvalue weighted by molar-refractivity contribution is 9.10. The number of likely N-dealkylation sites (N-methyl/N-ethyl adjacent to an activating group) is 1. The minimum Gasteiger partial charge on any atom is -0.380 e. The molecule has 0 bridgehead atoms. The average molecular weight is 295 g/mol. The largest absolute Gasteiger partial charge is 0.380 e. The van der Waals surface area contributed by atoms with Gasteiger partial charge in [0.15, 0.2) is 0 Å². The summed E-state index contributed by atoms with van der Waals surface area (Å²) in [6.07, 6.45) is 1.44. The van der Waals surface area contributed by atoms with Crippen molar-refractivity contribution in [2.45, 2.75) is 6.92 Å². The quantitative estimate of drug-likeness (QED) is 0.617. The molecule has 1 aromatic heterocycles. The first-order valence-corrected chi connectivity index (χ1v) is 5.78. The molecule has 0 amide bonds. The molecule has 0 aliphatic heterocycles. The van der Waals surface area contributed by atoms with Crippen molar-refractivity contribution in [2.75, 3.05) is 31.7 Å². The summed E-state index contributed by atoms with van der Waals surface area (Å²) < 4.78 is 5.98. The molecule has 0 fully saturated rings. The molecule has 1 heterocycles. The van der Waals surface area contributed by atoms with Gasteiger partial charge in [0.1, 0.15) is 17.3 Å². The van der Waals surface area contributed by atoms with E-state index in [0.29, 0.717) is 16.2 Å². The molecule has 1 rings (SSSR count). The lowest BCUT2D eigenvalue weighted by molar-refractivity contribution is 0.154. The van der Waals surface area contributed by atoms with Crippen molar-refractivity contribution >= 4 is 33.3 Å². The first-order valence-electron chi connectivity index (χ1n) is 4.61. The summed E-state index contributed by atoms with van der Waals surface area (Å²) in [5.74, 6) is 0.773. The molecule has 1 aromatic rings. The van der Waals surface area contributed by atoms with Crippen LogP contribution in [0.2, 0.25) is 5.15 Å². The number of rotatable bonds is 5. The number of halogens is 2. The Morgan fingerprint density at radius 3 is 2.93 bits per heavy atom. The maximum atomic E-state index is 5.86. The fourth-order valence-corrected chi connectivity index (χ4v) is 1.69. The van der Waals surface area contributed by atoms with Crippen molar-refractivity contribution in [1.29, 1.82) is 0 Å². The molecule has 0 radical (unpaired) electrons. The van der Waals surface area contributed by atoms with Gasteiger partial charge in [-0.25, -0.2) is 9.97 Å². The zero-order valence-corrected chi connectivity index (χ0v) is 11.0. The van der Waals surface area contributed by atoms with Gasteiger partial charge >= 0.3 is 0 Å². The molecule has 0 aliphatic carbocycles. The van der Waals surface area contributed by atoms with Gasteiger partial charge in [0.05, 0.1) is 11.1 Å². The fourth-order valence-electron chi connectivity index (χ4n) is 1.06. The molecule has 0 saturated heterocycles. The molecule has 0 unspecified atom stereocenters. The van der Waals surface area contributed by atoms with Crippen molar-refractivity contribution < 1.29 is 4.74 Å². The predicted molar refractivity (Wildman–Crippen MR) is 64.5 cm³/mol. The second-order valence-electron chi connectivity index (χ2n) is 2.92. The van der Waals surface area contributed by atoms with Gasteiger partial charge in [-0.2, -0.15) is 0 Å². The van der Waals surface area contributed by atoms with Gasteiger partial charge in [0.2, 0.25) is 0 Å². The van der Waals surface area contributed by atoms with E-state index in [4.69, 9.17) is 16.3 Å².